The van der Waals surface area contributed by atoms with Crippen LogP contribution in [0.3, 0.4) is 0 Å². The van der Waals surface area contributed by atoms with Crippen LogP contribution < -0.4 is 5.32 Å². The number of hydrogen-bond donors (Lipinski definition) is 1. The Bertz CT molecular complexity index is 891. The van der Waals surface area contributed by atoms with Crippen molar-refractivity contribution < 1.29 is 4.79 Å². The molecular weight excluding hydrogens is 471 g/mol. The second-order valence-electron chi connectivity index (χ2n) is 5.40. The van der Waals surface area contributed by atoms with Gasteiger partial charge in [0.25, 0.3) is 5.91 Å². The summed E-state index contributed by atoms with van der Waals surface area (Å²) < 4.78 is 3.62. The fraction of sp³-hybridized carbons (Fsp3) is 0.188. The maximum absolute atomic E-state index is 12.5. The molecule has 7 heteroatoms. The van der Waals surface area contributed by atoms with E-state index >= 15 is 0 Å². The molecule has 0 aliphatic heterocycles. The van der Waals surface area contributed by atoms with Gasteiger partial charge in [0.05, 0.1) is 23.6 Å². The molecule has 0 atom stereocenters. The van der Waals surface area contributed by atoms with Gasteiger partial charge in [-0.3, -0.25) is 4.79 Å². The standard InChI is InChI=1S/C16H14BrIN4O/c1-9(2)22-15-10(7-20-22)5-12(8-19-15)21-16(23)13-6-11(17)3-4-14(13)18/h3-9H,1-2H3,(H,21,23). The monoisotopic (exact) mass is 484 g/mol. The number of carbonyl (C=O) groups excluding carboxylic acids is 1. The minimum atomic E-state index is -0.159. The number of rotatable bonds is 3. The van der Waals surface area contributed by atoms with Crippen molar-refractivity contribution in [2.45, 2.75) is 19.9 Å². The number of amides is 1. The highest BCUT2D eigenvalue weighted by atomic mass is 127. The first-order chi connectivity index (χ1) is 11.0. The van der Waals surface area contributed by atoms with Gasteiger partial charge in [0.1, 0.15) is 0 Å². The smallest absolute Gasteiger partial charge is 0.256 e. The number of pyridine rings is 1. The Morgan fingerprint density at radius 3 is 2.83 bits per heavy atom. The topological polar surface area (TPSA) is 59.8 Å². The van der Waals surface area contributed by atoms with Crippen LogP contribution in [0.25, 0.3) is 11.0 Å². The van der Waals surface area contributed by atoms with E-state index in [0.29, 0.717) is 11.3 Å². The van der Waals surface area contributed by atoms with Gasteiger partial charge in [0.15, 0.2) is 5.65 Å². The summed E-state index contributed by atoms with van der Waals surface area (Å²) in [6.45, 7) is 4.11. The fourth-order valence-electron chi connectivity index (χ4n) is 2.26. The quantitative estimate of drug-likeness (QED) is 0.551. The molecule has 0 aliphatic rings. The lowest BCUT2D eigenvalue weighted by Crippen LogP contribution is -2.13. The molecule has 0 saturated carbocycles. The first-order valence-electron chi connectivity index (χ1n) is 7.05. The lowest BCUT2D eigenvalue weighted by Gasteiger charge is -2.09. The summed E-state index contributed by atoms with van der Waals surface area (Å²) in [5, 5.41) is 8.13. The summed E-state index contributed by atoms with van der Waals surface area (Å²) in [4.78, 5) is 16.9. The van der Waals surface area contributed by atoms with Crippen molar-refractivity contribution >= 4 is 61.1 Å². The van der Waals surface area contributed by atoms with Crippen molar-refractivity contribution in [2.75, 3.05) is 5.32 Å². The van der Waals surface area contributed by atoms with Gasteiger partial charge in [-0.25, -0.2) is 9.67 Å². The van der Waals surface area contributed by atoms with E-state index in [1.54, 1.807) is 18.5 Å². The SMILES string of the molecule is CC(C)n1ncc2cc(NC(=O)c3cc(Br)ccc3I)cnc21. The van der Waals surface area contributed by atoms with E-state index in [1.165, 1.54) is 0 Å². The van der Waals surface area contributed by atoms with Gasteiger partial charge in [0.2, 0.25) is 0 Å². The Balaban J connectivity index is 1.89. The third-order valence-corrected chi connectivity index (χ3v) is 4.79. The molecule has 0 radical (unpaired) electrons. The van der Waals surface area contributed by atoms with Crippen molar-refractivity contribution in [2.24, 2.45) is 0 Å². The van der Waals surface area contributed by atoms with Crippen LogP contribution in [-0.4, -0.2) is 20.7 Å². The fourth-order valence-corrected chi connectivity index (χ4v) is 3.20. The van der Waals surface area contributed by atoms with Crippen LogP contribution in [0.5, 0.6) is 0 Å². The molecule has 1 aromatic carbocycles. The second kappa shape index (κ2) is 6.56. The van der Waals surface area contributed by atoms with Crippen LogP contribution in [0.4, 0.5) is 5.69 Å². The lowest BCUT2D eigenvalue weighted by atomic mass is 10.2. The van der Waals surface area contributed by atoms with Gasteiger partial charge in [-0.2, -0.15) is 5.10 Å². The number of hydrogen-bond acceptors (Lipinski definition) is 3. The van der Waals surface area contributed by atoms with Crippen molar-refractivity contribution in [3.8, 4) is 0 Å². The van der Waals surface area contributed by atoms with Crippen LogP contribution in [-0.2, 0) is 0 Å². The van der Waals surface area contributed by atoms with Crippen molar-refractivity contribution in [3.63, 3.8) is 0 Å². The maximum atomic E-state index is 12.5. The Morgan fingerprint density at radius 1 is 1.30 bits per heavy atom. The van der Waals surface area contributed by atoms with Gasteiger partial charge in [-0.1, -0.05) is 15.9 Å². The molecular formula is C16H14BrIN4O. The summed E-state index contributed by atoms with van der Waals surface area (Å²) in [5.74, 6) is -0.159. The zero-order valence-corrected chi connectivity index (χ0v) is 16.3. The number of nitrogens with zero attached hydrogens (tertiary/aromatic N) is 3. The predicted molar refractivity (Wildman–Crippen MR) is 103 cm³/mol. The molecule has 118 valence electrons. The van der Waals surface area contributed by atoms with Crippen molar-refractivity contribution in [1.29, 1.82) is 0 Å². The third-order valence-electron chi connectivity index (χ3n) is 3.35. The highest BCUT2D eigenvalue weighted by Gasteiger charge is 2.13. The van der Waals surface area contributed by atoms with Crippen LogP contribution in [0, 0.1) is 3.57 Å². The van der Waals surface area contributed by atoms with E-state index in [0.717, 1.165) is 19.1 Å². The highest BCUT2D eigenvalue weighted by Crippen LogP contribution is 2.22. The zero-order chi connectivity index (χ0) is 16.6. The molecule has 23 heavy (non-hydrogen) atoms. The number of nitrogens with one attached hydrogen (secondary N) is 1. The second-order valence-corrected chi connectivity index (χ2v) is 7.48. The van der Waals surface area contributed by atoms with Crippen molar-refractivity contribution in [3.05, 3.63) is 50.3 Å². The minimum absolute atomic E-state index is 0.159. The molecule has 1 N–H and O–H groups in total. The molecule has 0 spiro atoms. The molecule has 3 aromatic rings. The molecule has 0 unspecified atom stereocenters. The number of carbonyl (C=O) groups is 1. The van der Waals surface area contributed by atoms with Crippen LogP contribution in [0.1, 0.15) is 30.2 Å². The first kappa shape index (κ1) is 16.4. The Kier molecular flexibility index (Phi) is 4.67. The van der Waals surface area contributed by atoms with Gasteiger partial charge < -0.3 is 5.32 Å². The van der Waals surface area contributed by atoms with E-state index < -0.39 is 0 Å². The van der Waals surface area contributed by atoms with Crippen LogP contribution in [0.2, 0.25) is 0 Å². The first-order valence-corrected chi connectivity index (χ1v) is 8.92. The summed E-state index contributed by atoms with van der Waals surface area (Å²) in [6, 6.07) is 7.74. The van der Waals surface area contributed by atoms with E-state index in [9.17, 15) is 4.79 Å². The van der Waals surface area contributed by atoms with E-state index in [1.807, 2.05) is 22.9 Å². The van der Waals surface area contributed by atoms with Gasteiger partial charge >= 0.3 is 0 Å². The Labute approximate surface area is 155 Å². The predicted octanol–water partition coefficient (Wildman–Crippen LogP) is 4.63. The number of halogens is 2. The Morgan fingerprint density at radius 2 is 2.09 bits per heavy atom. The molecule has 2 aromatic heterocycles. The normalized spacial score (nSPS) is 11.2. The summed E-state index contributed by atoms with van der Waals surface area (Å²) in [5.41, 5.74) is 2.09. The zero-order valence-electron chi connectivity index (χ0n) is 12.5. The number of anilines is 1. The maximum Gasteiger partial charge on any atom is 0.256 e. The number of fused-ring (bicyclic) bond motifs is 1. The number of aromatic nitrogens is 3. The number of benzene rings is 1. The molecule has 0 saturated heterocycles. The van der Waals surface area contributed by atoms with Gasteiger partial charge in [-0.05, 0) is 60.7 Å². The summed E-state index contributed by atoms with van der Waals surface area (Å²) in [7, 11) is 0. The average Bonchev–Trinajstić information content (AvgIpc) is 2.93. The molecule has 0 aliphatic carbocycles. The van der Waals surface area contributed by atoms with Gasteiger partial charge in [-0.15, -0.1) is 0 Å². The molecule has 0 fully saturated rings. The molecule has 3 rings (SSSR count). The largest absolute Gasteiger partial charge is 0.321 e. The molecule has 5 nitrogen and oxygen atoms in total. The molecule has 1 amide bonds. The molecule has 0 bridgehead atoms. The van der Waals surface area contributed by atoms with E-state index in [4.69, 9.17) is 0 Å². The third kappa shape index (κ3) is 3.40. The van der Waals surface area contributed by atoms with E-state index in [-0.39, 0.29) is 11.9 Å². The van der Waals surface area contributed by atoms with Crippen LogP contribution >= 0.6 is 38.5 Å². The lowest BCUT2D eigenvalue weighted by molar-refractivity contribution is 0.102. The highest BCUT2D eigenvalue weighted by molar-refractivity contribution is 14.1. The molecule has 2 heterocycles. The Hall–Kier alpha value is -1.48. The summed E-state index contributed by atoms with van der Waals surface area (Å²) in [6.07, 6.45) is 3.42. The van der Waals surface area contributed by atoms with Crippen molar-refractivity contribution in [1.82, 2.24) is 14.8 Å². The average molecular weight is 485 g/mol. The summed E-state index contributed by atoms with van der Waals surface area (Å²) >= 11 is 5.54. The van der Waals surface area contributed by atoms with Crippen LogP contribution in [0.15, 0.2) is 41.1 Å². The minimum Gasteiger partial charge on any atom is -0.321 e. The van der Waals surface area contributed by atoms with Gasteiger partial charge in [0, 0.05) is 19.5 Å². The van der Waals surface area contributed by atoms with E-state index in [2.05, 4.69) is 67.8 Å².